The van der Waals surface area contributed by atoms with E-state index in [9.17, 15) is 0 Å². The maximum Gasteiger partial charge on any atom is 0.0619 e. The highest BCUT2D eigenvalue weighted by Crippen LogP contribution is 2.09. The Morgan fingerprint density at radius 3 is 2.80 bits per heavy atom. The SMILES string of the molecule is Ic1ccc(CNC2CCCOC2)cc1. The van der Waals surface area contributed by atoms with Gasteiger partial charge in [-0.25, -0.2) is 0 Å². The zero-order chi connectivity index (χ0) is 10.5. The molecule has 3 heteroatoms. The third kappa shape index (κ3) is 3.74. The smallest absolute Gasteiger partial charge is 0.0619 e. The van der Waals surface area contributed by atoms with Gasteiger partial charge in [0.15, 0.2) is 0 Å². The van der Waals surface area contributed by atoms with Crippen LogP contribution in [-0.4, -0.2) is 19.3 Å². The zero-order valence-corrected chi connectivity index (χ0v) is 10.9. The molecule has 82 valence electrons. The second-order valence-corrected chi connectivity index (χ2v) is 5.17. The van der Waals surface area contributed by atoms with Crippen molar-refractivity contribution in [2.24, 2.45) is 0 Å². The van der Waals surface area contributed by atoms with E-state index in [0.29, 0.717) is 6.04 Å². The van der Waals surface area contributed by atoms with E-state index in [1.54, 1.807) is 0 Å². The number of ether oxygens (including phenoxy) is 1. The largest absolute Gasteiger partial charge is 0.380 e. The normalized spacial score (nSPS) is 21.5. The van der Waals surface area contributed by atoms with Crippen LogP contribution in [0.5, 0.6) is 0 Å². The van der Waals surface area contributed by atoms with Gasteiger partial charge in [-0.2, -0.15) is 0 Å². The molecule has 0 saturated carbocycles. The molecule has 0 aliphatic carbocycles. The van der Waals surface area contributed by atoms with E-state index in [2.05, 4.69) is 52.2 Å². The highest BCUT2D eigenvalue weighted by Gasteiger charge is 2.12. The summed E-state index contributed by atoms with van der Waals surface area (Å²) in [6.07, 6.45) is 2.43. The Morgan fingerprint density at radius 1 is 1.33 bits per heavy atom. The van der Waals surface area contributed by atoms with Crippen molar-refractivity contribution in [2.45, 2.75) is 25.4 Å². The molecule has 2 nitrogen and oxygen atoms in total. The Morgan fingerprint density at radius 2 is 2.13 bits per heavy atom. The number of hydrogen-bond acceptors (Lipinski definition) is 2. The summed E-state index contributed by atoms with van der Waals surface area (Å²) in [7, 11) is 0. The fourth-order valence-corrected chi connectivity index (χ4v) is 2.13. The lowest BCUT2D eigenvalue weighted by Crippen LogP contribution is -2.36. The summed E-state index contributed by atoms with van der Waals surface area (Å²) in [6, 6.07) is 9.19. The average molecular weight is 317 g/mol. The van der Waals surface area contributed by atoms with Gasteiger partial charge in [0.05, 0.1) is 6.61 Å². The minimum absolute atomic E-state index is 0.540. The van der Waals surface area contributed by atoms with E-state index in [0.717, 1.165) is 19.8 Å². The summed E-state index contributed by atoms with van der Waals surface area (Å²) in [5.41, 5.74) is 1.35. The van der Waals surface area contributed by atoms with Crippen molar-refractivity contribution in [1.82, 2.24) is 5.32 Å². The topological polar surface area (TPSA) is 21.3 Å². The standard InChI is InChI=1S/C12H16INO/c13-11-5-3-10(4-6-11)8-14-12-2-1-7-15-9-12/h3-6,12,14H,1-2,7-9H2. The Balaban J connectivity index is 1.79. The third-order valence-electron chi connectivity index (χ3n) is 2.67. The summed E-state index contributed by atoms with van der Waals surface area (Å²) in [5.74, 6) is 0. The van der Waals surface area contributed by atoms with Crippen LogP contribution in [0.3, 0.4) is 0 Å². The zero-order valence-electron chi connectivity index (χ0n) is 8.71. The summed E-state index contributed by atoms with van der Waals surface area (Å²) in [6.45, 7) is 2.75. The summed E-state index contributed by atoms with van der Waals surface area (Å²) in [5, 5.41) is 3.53. The molecule has 1 atom stereocenters. The average Bonchev–Trinajstić information content (AvgIpc) is 2.30. The second kappa shape index (κ2) is 5.82. The molecule has 0 spiro atoms. The van der Waals surface area contributed by atoms with Crippen LogP contribution in [0.4, 0.5) is 0 Å². The molecular weight excluding hydrogens is 301 g/mol. The molecule has 1 aromatic carbocycles. The van der Waals surface area contributed by atoms with Gasteiger partial charge in [-0.05, 0) is 53.1 Å². The second-order valence-electron chi connectivity index (χ2n) is 3.92. The van der Waals surface area contributed by atoms with Gasteiger partial charge in [0, 0.05) is 22.8 Å². The van der Waals surface area contributed by atoms with E-state index >= 15 is 0 Å². The first-order valence-electron chi connectivity index (χ1n) is 5.40. The number of halogens is 1. The van der Waals surface area contributed by atoms with Crippen molar-refractivity contribution >= 4 is 22.6 Å². The quantitative estimate of drug-likeness (QED) is 0.865. The molecule has 1 fully saturated rings. The van der Waals surface area contributed by atoms with E-state index in [1.165, 1.54) is 22.0 Å². The molecule has 1 aliphatic rings. The van der Waals surface area contributed by atoms with Crippen LogP contribution in [0.25, 0.3) is 0 Å². The van der Waals surface area contributed by atoms with E-state index in [4.69, 9.17) is 4.74 Å². The Bertz CT molecular complexity index is 293. The molecule has 1 N–H and O–H groups in total. The van der Waals surface area contributed by atoms with Gasteiger partial charge in [0.1, 0.15) is 0 Å². The highest BCUT2D eigenvalue weighted by atomic mass is 127. The van der Waals surface area contributed by atoms with Crippen molar-refractivity contribution in [3.63, 3.8) is 0 Å². The van der Waals surface area contributed by atoms with Crippen molar-refractivity contribution in [3.05, 3.63) is 33.4 Å². The van der Waals surface area contributed by atoms with Gasteiger partial charge < -0.3 is 10.1 Å². The molecule has 1 unspecified atom stereocenters. The minimum atomic E-state index is 0.540. The molecule has 0 bridgehead atoms. The van der Waals surface area contributed by atoms with Gasteiger partial charge in [-0.3, -0.25) is 0 Å². The molecule has 1 saturated heterocycles. The number of hydrogen-bond donors (Lipinski definition) is 1. The van der Waals surface area contributed by atoms with Crippen molar-refractivity contribution in [1.29, 1.82) is 0 Å². The van der Waals surface area contributed by atoms with Crippen LogP contribution >= 0.6 is 22.6 Å². The maximum atomic E-state index is 5.43. The van der Waals surface area contributed by atoms with Crippen LogP contribution in [0.15, 0.2) is 24.3 Å². The first-order valence-corrected chi connectivity index (χ1v) is 6.48. The predicted octanol–water partition coefficient (Wildman–Crippen LogP) is 2.56. The van der Waals surface area contributed by atoms with Crippen molar-refractivity contribution in [3.8, 4) is 0 Å². The first kappa shape index (κ1) is 11.4. The first-order chi connectivity index (χ1) is 7.34. The van der Waals surface area contributed by atoms with E-state index in [-0.39, 0.29) is 0 Å². The van der Waals surface area contributed by atoms with Crippen LogP contribution in [-0.2, 0) is 11.3 Å². The Labute approximate surface area is 105 Å². The minimum Gasteiger partial charge on any atom is -0.380 e. The lowest BCUT2D eigenvalue weighted by molar-refractivity contribution is 0.0699. The van der Waals surface area contributed by atoms with Crippen molar-refractivity contribution < 1.29 is 4.74 Å². The predicted molar refractivity (Wildman–Crippen MR) is 69.8 cm³/mol. The van der Waals surface area contributed by atoms with Crippen LogP contribution in [0.2, 0.25) is 0 Å². The molecule has 0 radical (unpaired) electrons. The van der Waals surface area contributed by atoms with Gasteiger partial charge in [-0.15, -0.1) is 0 Å². The number of benzene rings is 1. The Kier molecular flexibility index (Phi) is 4.41. The van der Waals surface area contributed by atoms with Gasteiger partial charge >= 0.3 is 0 Å². The fraction of sp³-hybridized carbons (Fsp3) is 0.500. The molecule has 1 aromatic rings. The third-order valence-corrected chi connectivity index (χ3v) is 3.39. The van der Waals surface area contributed by atoms with E-state index in [1.807, 2.05) is 0 Å². The molecular formula is C12H16INO. The Hall–Kier alpha value is -0.130. The van der Waals surface area contributed by atoms with Gasteiger partial charge in [-0.1, -0.05) is 12.1 Å². The molecule has 2 rings (SSSR count). The number of nitrogens with one attached hydrogen (secondary N) is 1. The summed E-state index contributed by atoms with van der Waals surface area (Å²) in [4.78, 5) is 0. The molecule has 0 aromatic heterocycles. The molecule has 1 aliphatic heterocycles. The maximum absolute atomic E-state index is 5.43. The highest BCUT2D eigenvalue weighted by molar-refractivity contribution is 14.1. The summed E-state index contributed by atoms with van der Waals surface area (Å²) < 4.78 is 6.72. The van der Waals surface area contributed by atoms with Gasteiger partial charge in [0.2, 0.25) is 0 Å². The van der Waals surface area contributed by atoms with Crippen LogP contribution in [0.1, 0.15) is 18.4 Å². The van der Waals surface area contributed by atoms with Crippen LogP contribution < -0.4 is 5.32 Å². The molecule has 0 amide bonds. The number of rotatable bonds is 3. The lowest BCUT2D eigenvalue weighted by Gasteiger charge is -2.23. The summed E-state index contributed by atoms with van der Waals surface area (Å²) >= 11 is 2.33. The van der Waals surface area contributed by atoms with Crippen LogP contribution in [0, 0.1) is 3.57 Å². The fourth-order valence-electron chi connectivity index (χ4n) is 1.77. The lowest BCUT2D eigenvalue weighted by atomic mass is 10.1. The molecule has 1 heterocycles. The van der Waals surface area contributed by atoms with Crippen molar-refractivity contribution in [2.75, 3.05) is 13.2 Å². The monoisotopic (exact) mass is 317 g/mol. The molecule has 15 heavy (non-hydrogen) atoms. The van der Waals surface area contributed by atoms with Gasteiger partial charge in [0.25, 0.3) is 0 Å². The van der Waals surface area contributed by atoms with E-state index < -0.39 is 0 Å².